The van der Waals surface area contributed by atoms with Gasteiger partial charge in [-0.2, -0.15) is 0 Å². The van der Waals surface area contributed by atoms with Gasteiger partial charge in [-0.15, -0.1) is 0 Å². The van der Waals surface area contributed by atoms with Crippen molar-refractivity contribution >= 4 is 23.3 Å². The van der Waals surface area contributed by atoms with Crippen LogP contribution in [0.3, 0.4) is 0 Å². The summed E-state index contributed by atoms with van der Waals surface area (Å²) in [5.74, 6) is 0.185. The Morgan fingerprint density at radius 1 is 1.53 bits per heavy atom. The van der Waals surface area contributed by atoms with Gasteiger partial charge in [0, 0.05) is 5.56 Å². The molecule has 0 aliphatic carbocycles. The van der Waals surface area contributed by atoms with Crippen LogP contribution in [0.2, 0.25) is 5.15 Å². The molecule has 0 spiro atoms. The number of aromatic nitrogens is 2. The standard InChI is InChI=1S/C13H21ClN4O/c1-5-6-9-10(14)16-7-17-11(9)18-13(4,8(2)3)12(15)19/h7-8H,5-6H2,1-4H3,(H2,15,19)(H,16,17,18). The van der Waals surface area contributed by atoms with Gasteiger partial charge in [-0.05, 0) is 19.3 Å². The van der Waals surface area contributed by atoms with E-state index in [1.54, 1.807) is 6.92 Å². The zero-order valence-electron chi connectivity index (χ0n) is 11.8. The summed E-state index contributed by atoms with van der Waals surface area (Å²) in [7, 11) is 0. The fourth-order valence-corrected chi connectivity index (χ4v) is 1.93. The third-order valence-electron chi connectivity index (χ3n) is 3.44. The maximum atomic E-state index is 11.7. The van der Waals surface area contributed by atoms with Crippen molar-refractivity contribution in [3.8, 4) is 0 Å². The number of nitrogens with two attached hydrogens (primary N) is 1. The number of carbonyl (C=O) groups is 1. The number of anilines is 1. The quantitative estimate of drug-likeness (QED) is 0.786. The van der Waals surface area contributed by atoms with Crippen LogP contribution in [0, 0.1) is 5.92 Å². The van der Waals surface area contributed by atoms with Crippen molar-refractivity contribution in [3.63, 3.8) is 0 Å². The Morgan fingerprint density at radius 3 is 2.63 bits per heavy atom. The lowest BCUT2D eigenvalue weighted by Gasteiger charge is -2.32. The maximum absolute atomic E-state index is 11.7. The average Bonchev–Trinajstić information content (AvgIpc) is 2.33. The summed E-state index contributed by atoms with van der Waals surface area (Å²) in [5, 5.41) is 3.55. The lowest BCUT2D eigenvalue weighted by molar-refractivity contribution is -0.123. The first kappa shape index (κ1) is 15.7. The van der Waals surface area contributed by atoms with Crippen LogP contribution >= 0.6 is 11.6 Å². The molecule has 1 atom stereocenters. The molecule has 5 nitrogen and oxygen atoms in total. The lowest BCUT2D eigenvalue weighted by Crippen LogP contribution is -2.52. The summed E-state index contributed by atoms with van der Waals surface area (Å²) < 4.78 is 0. The Hall–Kier alpha value is -1.36. The van der Waals surface area contributed by atoms with E-state index in [9.17, 15) is 4.79 Å². The summed E-state index contributed by atoms with van der Waals surface area (Å²) in [4.78, 5) is 19.9. The van der Waals surface area contributed by atoms with E-state index in [0.29, 0.717) is 11.0 Å². The van der Waals surface area contributed by atoms with E-state index in [2.05, 4.69) is 15.3 Å². The molecule has 0 saturated heterocycles. The summed E-state index contributed by atoms with van der Waals surface area (Å²) in [6, 6.07) is 0. The molecule has 0 radical (unpaired) electrons. The SMILES string of the molecule is CCCc1c(Cl)ncnc1NC(C)(C(N)=O)C(C)C. The van der Waals surface area contributed by atoms with Gasteiger partial charge in [0.05, 0.1) is 0 Å². The molecule has 0 bridgehead atoms. The topological polar surface area (TPSA) is 80.9 Å². The minimum Gasteiger partial charge on any atom is -0.368 e. The number of halogens is 1. The molecule has 106 valence electrons. The number of hydrogen-bond donors (Lipinski definition) is 2. The molecule has 1 aromatic rings. The zero-order chi connectivity index (χ0) is 14.6. The Balaban J connectivity index is 3.17. The van der Waals surface area contributed by atoms with Crippen molar-refractivity contribution in [2.75, 3.05) is 5.32 Å². The second kappa shape index (κ2) is 6.19. The summed E-state index contributed by atoms with van der Waals surface area (Å²) in [5.41, 5.74) is 5.45. The van der Waals surface area contributed by atoms with Crippen molar-refractivity contribution in [1.82, 2.24) is 9.97 Å². The van der Waals surface area contributed by atoms with E-state index in [-0.39, 0.29) is 5.92 Å². The van der Waals surface area contributed by atoms with Gasteiger partial charge in [-0.1, -0.05) is 38.8 Å². The van der Waals surface area contributed by atoms with Crippen LogP contribution in [0.1, 0.15) is 39.7 Å². The van der Waals surface area contributed by atoms with E-state index in [1.807, 2.05) is 20.8 Å². The second-order valence-corrected chi connectivity index (χ2v) is 5.45. The number of hydrogen-bond acceptors (Lipinski definition) is 4. The van der Waals surface area contributed by atoms with Gasteiger partial charge in [0.25, 0.3) is 0 Å². The molecule has 1 aromatic heterocycles. The predicted molar refractivity (Wildman–Crippen MR) is 77.1 cm³/mol. The average molecular weight is 285 g/mol. The van der Waals surface area contributed by atoms with Crippen LogP contribution in [0.5, 0.6) is 0 Å². The van der Waals surface area contributed by atoms with Crippen molar-refractivity contribution in [3.05, 3.63) is 17.0 Å². The Kier molecular flexibility index (Phi) is 5.11. The third-order valence-corrected chi connectivity index (χ3v) is 3.76. The first-order chi connectivity index (χ1) is 8.82. The molecule has 1 heterocycles. The number of amides is 1. The molecule has 0 aliphatic rings. The highest BCUT2D eigenvalue weighted by Crippen LogP contribution is 2.27. The molecule has 3 N–H and O–H groups in total. The van der Waals surface area contributed by atoms with Gasteiger partial charge in [0.15, 0.2) is 0 Å². The molecular formula is C13H21ClN4O. The number of carbonyl (C=O) groups excluding carboxylic acids is 1. The minimum absolute atomic E-state index is 0.0215. The summed E-state index contributed by atoms with van der Waals surface area (Å²) >= 11 is 6.09. The third kappa shape index (κ3) is 3.35. The Bertz CT molecular complexity index is 464. The normalized spacial score (nSPS) is 14.2. The number of nitrogens with zero attached hydrogens (tertiary/aromatic N) is 2. The molecule has 0 saturated carbocycles. The van der Waals surface area contributed by atoms with Gasteiger partial charge in [-0.3, -0.25) is 4.79 Å². The van der Waals surface area contributed by atoms with Gasteiger partial charge >= 0.3 is 0 Å². The van der Waals surface area contributed by atoms with Crippen molar-refractivity contribution in [1.29, 1.82) is 0 Å². The summed E-state index contributed by atoms with van der Waals surface area (Å²) in [6.07, 6.45) is 3.04. The smallest absolute Gasteiger partial charge is 0.243 e. The molecule has 1 amide bonds. The molecule has 6 heteroatoms. The molecule has 19 heavy (non-hydrogen) atoms. The van der Waals surface area contributed by atoms with Gasteiger partial charge in [-0.25, -0.2) is 9.97 Å². The van der Waals surface area contributed by atoms with E-state index >= 15 is 0 Å². The molecular weight excluding hydrogens is 264 g/mol. The van der Waals surface area contributed by atoms with E-state index in [0.717, 1.165) is 18.4 Å². The monoisotopic (exact) mass is 284 g/mol. The van der Waals surface area contributed by atoms with Crippen LogP contribution in [0.25, 0.3) is 0 Å². The fourth-order valence-electron chi connectivity index (χ4n) is 1.71. The van der Waals surface area contributed by atoms with Gasteiger partial charge in [0.1, 0.15) is 22.8 Å². The van der Waals surface area contributed by atoms with Gasteiger partial charge in [0.2, 0.25) is 5.91 Å². The van der Waals surface area contributed by atoms with Crippen LogP contribution < -0.4 is 11.1 Å². The molecule has 1 rings (SSSR count). The maximum Gasteiger partial charge on any atom is 0.243 e. The van der Waals surface area contributed by atoms with Crippen molar-refractivity contribution in [2.24, 2.45) is 11.7 Å². The fraction of sp³-hybridized carbons (Fsp3) is 0.615. The van der Waals surface area contributed by atoms with Gasteiger partial charge < -0.3 is 11.1 Å². The second-order valence-electron chi connectivity index (χ2n) is 5.09. The molecule has 0 aliphatic heterocycles. The lowest BCUT2D eigenvalue weighted by atomic mass is 9.87. The Labute approximate surface area is 119 Å². The largest absolute Gasteiger partial charge is 0.368 e. The van der Waals surface area contributed by atoms with E-state index in [1.165, 1.54) is 6.33 Å². The van der Waals surface area contributed by atoms with E-state index in [4.69, 9.17) is 17.3 Å². The first-order valence-corrected chi connectivity index (χ1v) is 6.78. The van der Waals surface area contributed by atoms with Crippen molar-refractivity contribution < 1.29 is 4.79 Å². The summed E-state index contributed by atoms with van der Waals surface area (Å²) in [6.45, 7) is 7.68. The zero-order valence-corrected chi connectivity index (χ0v) is 12.6. The predicted octanol–water partition coefficient (Wildman–Crippen LogP) is 2.39. The number of primary amides is 1. The minimum atomic E-state index is -0.875. The number of rotatable bonds is 6. The Morgan fingerprint density at radius 2 is 2.16 bits per heavy atom. The highest BCUT2D eigenvalue weighted by atomic mass is 35.5. The van der Waals surface area contributed by atoms with Crippen LogP contribution in [-0.4, -0.2) is 21.4 Å². The van der Waals surface area contributed by atoms with Crippen LogP contribution in [-0.2, 0) is 11.2 Å². The molecule has 1 unspecified atom stereocenters. The van der Waals surface area contributed by atoms with E-state index < -0.39 is 11.4 Å². The van der Waals surface area contributed by atoms with Crippen LogP contribution in [0.4, 0.5) is 5.82 Å². The van der Waals surface area contributed by atoms with Crippen LogP contribution in [0.15, 0.2) is 6.33 Å². The highest BCUT2D eigenvalue weighted by Gasteiger charge is 2.35. The first-order valence-electron chi connectivity index (χ1n) is 6.40. The number of nitrogens with one attached hydrogen (secondary N) is 1. The van der Waals surface area contributed by atoms with Crippen molar-refractivity contribution in [2.45, 2.75) is 46.1 Å². The highest BCUT2D eigenvalue weighted by molar-refractivity contribution is 6.30. The molecule has 0 fully saturated rings. The molecule has 0 aromatic carbocycles.